The van der Waals surface area contributed by atoms with Gasteiger partial charge in [-0.2, -0.15) is 0 Å². The standard InChI is InChI=1S/C14H21N3OS/c18-14(12-2-1-5-15-12)16-6-8-17-7-3-13-11(10-17)4-9-19-13/h4,9,12,15H,1-3,5-8,10H2,(H,16,18). The Morgan fingerprint density at radius 3 is 3.37 bits per heavy atom. The molecule has 5 heteroatoms. The number of fused-ring (bicyclic) bond motifs is 1. The number of thiophene rings is 1. The quantitative estimate of drug-likeness (QED) is 0.863. The van der Waals surface area contributed by atoms with Gasteiger partial charge in [-0.15, -0.1) is 11.3 Å². The maximum atomic E-state index is 11.9. The third-order valence-corrected chi connectivity index (χ3v) is 5.01. The van der Waals surface area contributed by atoms with Gasteiger partial charge in [0.15, 0.2) is 0 Å². The highest BCUT2D eigenvalue weighted by Gasteiger charge is 2.22. The number of hydrogen-bond donors (Lipinski definition) is 2. The molecule has 2 aliphatic rings. The van der Waals surface area contributed by atoms with E-state index < -0.39 is 0 Å². The van der Waals surface area contributed by atoms with Crippen LogP contribution in [0.3, 0.4) is 0 Å². The van der Waals surface area contributed by atoms with Gasteiger partial charge in [0.2, 0.25) is 5.91 Å². The molecule has 1 aromatic rings. The molecule has 0 aromatic carbocycles. The highest BCUT2D eigenvalue weighted by atomic mass is 32.1. The molecule has 1 atom stereocenters. The Hall–Kier alpha value is -0.910. The smallest absolute Gasteiger partial charge is 0.237 e. The minimum Gasteiger partial charge on any atom is -0.353 e. The second-order valence-corrected chi connectivity index (χ2v) is 6.34. The van der Waals surface area contributed by atoms with Crippen molar-refractivity contribution in [3.8, 4) is 0 Å². The molecule has 0 radical (unpaired) electrons. The van der Waals surface area contributed by atoms with Crippen molar-refractivity contribution in [2.45, 2.75) is 31.8 Å². The summed E-state index contributed by atoms with van der Waals surface area (Å²) in [5.74, 6) is 0.172. The third kappa shape index (κ3) is 3.16. The molecule has 0 bridgehead atoms. The lowest BCUT2D eigenvalue weighted by Gasteiger charge is -2.26. The zero-order valence-corrected chi connectivity index (χ0v) is 12.0. The molecule has 19 heavy (non-hydrogen) atoms. The van der Waals surface area contributed by atoms with Crippen LogP contribution in [0, 0.1) is 0 Å². The maximum absolute atomic E-state index is 11.9. The van der Waals surface area contributed by atoms with Gasteiger partial charge in [-0.25, -0.2) is 0 Å². The van der Waals surface area contributed by atoms with E-state index in [1.165, 1.54) is 10.4 Å². The van der Waals surface area contributed by atoms with Crippen LogP contribution in [0.4, 0.5) is 0 Å². The van der Waals surface area contributed by atoms with Crippen molar-refractivity contribution in [2.75, 3.05) is 26.2 Å². The van der Waals surface area contributed by atoms with Crippen LogP contribution in [0.5, 0.6) is 0 Å². The van der Waals surface area contributed by atoms with E-state index in [0.29, 0.717) is 0 Å². The van der Waals surface area contributed by atoms with Crippen LogP contribution >= 0.6 is 11.3 Å². The van der Waals surface area contributed by atoms with Gasteiger partial charge in [-0.3, -0.25) is 9.69 Å². The van der Waals surface area contributed by atoms with E-state index in [1.54, 1.807) is 0 Å². The number of rotatable bonds is 4. The van der Waals surface area contributed by atoms with Crippen molar-refractivity contribution in [2.24, 2.45) is 0 Å². The number of carbonyl (C=O) groups is 1. The van der Waals surface area contributed by atoms with E-state index in [2.05, 4.69) is 27.0 Å². The summed E-state index contributed by atoms with van der Waals surface area (Å²) in [6, 6.07) is 2.28. The summed E-state index contributed by atoms with van der Waals surface area (Å²) < 4.78 is 0. The molecular weight excluding hydrogens is 258 g/mol. The lowest BCUT2D eigenvalue weighted by molar-refractivity contribution is -0.122. The van der Waals surface area contributed by atoms with E-state index in [1.807, 2.05) is 11.3 Å². The lowest BCUT2D eigenvalue weighted by Crippen LogP contribution is -2.44. The number of carbonyl (C=O) groups excluding carboxylic acids is 1. The zero-order chi connectivity index (χ0) is 13.1. The first-order chi connectivity index (χ1) is 9.33. The topological polar surface area (TPSA) is 44.4 Å². The van der Waals surface area contributed by atoms with Crippen LogP contribution in [0.25, 0.3) is 0 Å². The van der Waals surface area contributed by atoms with Gasteiger partial charge in [0, 0.05) is 31.1 Å². The number of nitrogens with one attached hydrogen (secondary N) is 2. The molecule has 3 heterocycles. The second kappa shape index (κ2) is 6.03. The van der Waals surface area contributed by atoms with Crippen LogP contribution in [0.2, 0.25) is 0 Å². The summed E-state index contributed by atoms with van der Waals surface area (Å²) in [7, 11) is 0. The molecule has 1 unspecified atom stereocenters. The second-order valence-electron chi connectivity index (χ2n) is 5.34. The first-order valence-electron chi connectivity index (χ1n) is 7.11. The fourth-order valence-electron chi connectivity index (χ4n) is 2.87. The van der Waals surface area contributed by atoms with Crippen LogP contribution < -0.4 is 10.6 Å². The molecule has 0 aliphatic carbocycles. The predicted molar refractivity (Wildman–Crippen MR) is 77.3 cm³/mol. The van der Waals surface area contributed by atoms with Gasteiger partial charge in [0.05, 0.1) is 6.04 Å². The highest BCUT2D eigenvalue weighted by molar-refractivity contribution is 7.10. The normalized spacial score (nSPS) is 23.3. The Kier molecular flexibility index (Phi) is 4.15. The molecule has 2 aliphatic heterocycles. The Labute approximate surface area is 118 Å². The first-order valence-corrected chi connectivity index (χ1v) is 7.99. The Balaban J connectivity index is 1.40. The van der Waals surface area contributed by atoms with Gasteiger partial charge in [-0.1, -0.05) is 0 Å². The summed E-state index contributed by atoms with van der Waals surface area (Å²) in [4.78, 5) is 15.8. The van der Waals surface area contributed by atoms with Crippen molar-refractivity contribution in [3.63, 3.8) is 0 Å². The summed E-state index contributed by atoms with van der Waals surface area (Å²) in [6.45, 7) is 4.84. The molecule has 1 aromatic heterocycles. The van der Waals surface area contributed by atoms with E-state index in [9.17, 15) is 4.79 Å². The number of amides is 1. The Bertz CT molecular complexity index is 440. The Morgan fingerprint density at radius 1 is 1.58 bits per heavy atom. The van der Waals surface area contributed by atoms with E-state index >= 15 is 0 Å². The molecule has 2 N–H and O–H groups in total. The Morgan fingerprint density at radius 2 is 2.53 bits per heavy atom. The molecule has 0 spiro atoms. The zero-order valence-electron chi connectivity index (χ0n) is 11.2. The minimum atomic E-state index is 0.0461. The SMILES string of the molecule is O=C(NCCN1CCc2sccc2C1)C1CCCN1. The highest BCUT2D eigenvalue weighted by Crippen LogP contribution is 2.23. The molecule has 104 valence electrons. The fraction of sp³-hybridized carbons (Fsp3) is 0.643. The monoisotopic (exact) mass is 279 g/mol. The fourth-order valence-corrected chi connectivity index (χ4v) is 3.76. The first kappa shape index (κ1) is 13.1. The van der Waals surface area contributed by atoms with Gasteiger partial charge in [-0.05, 0) is 42.8 Å². The average molecular weight is 279 g/mol. The maximum Gasteiger partial charge on any atom is 0.237 e. The molecule has 1 saturated heterocycles. The number of hydrogen-bond acceptors (Lipinski definition) is 4. The van der Waals surface area contributed by atoms with Crippen LogP contribution in [-0.2, 0) is 17.8 Å². The van der Waals surface area contributed by atoms with Crippen LogP contribution in [0.1, 0.15) is 23.3 Å². The van der Waals surface area contributed by atoms with Gasteiger partial charge >= 0.3 is 0 Å². The molecular formula is C14H21N3OS. The van der Waals surface area contributed by atoms with Crippen molar-refractivity contribution in [3.05, 3.63) is 21.9 Å². The van der Waals surface area contributed by atoms with Crippen molar-refractivity contribution in [1.29, 1.82) is 0 Å². The van der Waals surface area contributed by atoms with Gasteiger partial charge in [0.25, 0.3) is 0 Å². The van der Waals surface area contributed by atoms with Crippen LogP contribution in [0.15, 0.2) is 11.4 Å². The molecule has 3 rings (SSSR count). The summed E-state index contributed by atoms with van der Waals surface area (Å²) in [6.07, 6.45) is 3.25. The van der Waals surface area contributed by atoms with Gasteiger partial charge in [0.1, 0.15) is 0 Å². The predicted octanol–water partition coefficient (Wildman–Crippen LogP) is 0.974. The molecule has 1 amide bonds. The van der Waals surface area contributed by atoms with Crippen molar-refractivity contribution < 1.29 is 4.79 Å². The summed E-state index contributed by atoms with van der Waals surface area (Å²) in [5.41, 5.74) is 1.47. The van der Waals surface area contributed by atoms with Crippen LogP contribution in [-0.4, -0.2) is 43.0 Å². The largest absolute Gasteiger partial charge is 0.353 e. The van der Waals surface area contributed by atoms with Gasteiger partial charge < -0.3 is 10.6 Å². The number of nitrogens with zero attached hydrogens (tertiary/aromatic N) is 1. The van der Waals surface area contributed by atoms with E-state index in [0.717, 1.165) is 52.0 Å². The summed E-state index contributed by atoms with van der Waals surface area (Å²) >= 11 is 1.87. The van der Waals surface area contributed by atoms with Crippen molar-refractivity contribution in [1.82, 2.24) is 15.5 Å². The van der Waals surface area contributed by atoms with E-state index in [-0.39, 0.29) is 11.9 Å². The third-order valence-electron chi connectivity index (χ3n) is 3.99. The molecule has 0 saturated carbocycles. The lowest BCUT2D eigenvalue weighted by atomic mass is 10.1. The van der Waals surface area contributed by atoms with Crippen molar-refractivity contribution >= 4 is 17.2 Å². The summed E-state index contributed by atoms with van der Waals surface area (Å²) in [5, 5.41) is 8.46. The molecule has 1 fully saturated rings. The van der Waals surface area contributed by atoms with E-state index in [4.69, 9.17) is 0 Å². The average Bonchev–Trinajstić information content (AvgIpc) is 3.09. The molecule has 4 nitrogen and oxygen atoms in total. The minimum absolute atomic E-state index is 0.0461.